The summed E-state index contributed by atoms with van der Waals surface area (Å²) < 4.78 is 22.4. The highest BCUT2D eigenvalue weighted by molar-refractivity contribution is 5.63. The minimum Gasteiger partial charge on any atom is -0.434 e. The second-order valence-corrected chi connectivity index (χ2v) is 3.32. The van der Waals surface area contributed by atoms with Crippen molar-refractivity contribution in [3.05, 3.63) is 12.0 Å². The van der Waals surface area contributed by atoms with Gasteiger partial charge in [-0.25, -0.2) is 19.2 Å². The number of hydrogen-bond donors (Lipinski definition) is 0. The molecule has 18 heavy (non-hydrogen) atoms. The average Bonchev–Trinajstić information content (AvgIpc) is 2.30. The van der Waals surface area contributed by atoms with Crippen LogP contribution in [0.15, 0.2) is 11.2 Å². The fourth-order valence-electron chi connectivity index (χ4n) is 0.874. The van der Waals surface area contributed by atoms with E-state index in [4.69, 9.17) is 0 Å². The Morgan fingerprint density at radius 2 is 2.33 bits per heavy atom. The molecule has 1 rings (SSSR count). The molecule has 0 aliphatic carbocycles. The van der Waals surface area contributed by atoms with Crippen molar-refractivity contribution < 1.29 is 18.7 Å². The average molecular weight is 256 g/mol. The molecule has 8 heteroatoms. The monoisotopic (exact) mass is 256 g/mol. The first-order valence-corrected chi connectivity index (χ1v) is 5.10. The highest BCUT2D eigenvalue weighted by Gasteiger charge is 2.11. The van der Waals surface area contributed by atoms with E-state index in [2.05, 4.69) is 24.4 Å². The number of nitrogens with zero attached hydrogens (tertiary/aromatic N) is 4. The highest BCUT2D eigenvalue weighted by atomic mass is 19.1. The van der Waals surface area contributed by atoms with E-state index in [-0.39, 0.29) is 18.4 Å². The van der Waals surface area contributed by atoms with Gasteiger partial charge in [-0.3, -0.25) is 0 Å². The summed E-state index contributed by atoms with van der Waals surface area (Å²) in [5.41, 5.74) is 0. The van der Waals surface area contributed by atoms with E-state index in [1.807, 2.05) is 0 Å². The zero-order chi connectivity index (χ0) is 13.5. The molecule has 1 aromatic rings. The van der Waals surface area contributed by atoms with Crippen molar-refractivity contribution in [3.63, 3.8) is 0 Å². The van der Waals surface area contributed by atoms with E-state index in [0.717, 1.165) is 6.20 Å². The zero-order valence-corrected chi connectivity index (χ0v) is 10.3. The van der Waals surface area contributed by atoms with Crippen molar-refractivity contribution in [1.82, 2.24) is 14.9 Å². The summed E-state index contributed by atoms with van der Waals surface area (Å²) in [6.45, 7) is 1.78. The Kier molecular flexibility index (Phi) is 4.97. The van der Waals surface area contributed by atoms with Gasteiger partial charge in [-0.1, -0.05) is 0 Å². The van der Waals surface area contributed by atoms with E-state index < -0.39 is 12.0 Å². The molecule has 0 aliphatic heterocycles. The van der Waals surface area contributed by atoms with Crippen molar-refractivity contribution in [3.8, 4) is 6.01 Å². The number of ether oxygens (including phenoxy) is 2. The van der Waals surface area contributed by atoms with Crippen molar-refractivity contribution in [2.24, 2.45) is 4.99 Å². The van der Waals surface area contributed by atoms with Gasteiger partial charge in [-0.05, 0) is 6.92 Å². The van der Waals surface area contributed by atoms with Crippen molar-refractivity contribution in [2.45, 2.75) is 6.92 Å². The van der Waals surface area contributed by atoms with Gasteiger partial charge in [0, 0.05) is 14.1 Å². The third-order valence-corrected chi connectivity index (χ3v) is 1.55. The maximum atomic E-state index is 13.3. The van der Waals surface area contributed by atoms with Crippen LogP contribution in [0, 0.1) is 5.82 Å². The minimum absolute atomic E-state index is 0.158. The van der Waals surface area contributed by atoms with Crippen molar-refractivity contribution in [2.75, 3.05) is 20.7 Å². The lowest BCUT2D eigenvalue weighted by molar-refractivity contribution is 0.101. The molecule has 0 amide bonds. The third-order valence-electron chi connectivity index (χ3n) is 1.55. The molecule has 0 aliphatic rings. The number of hydrogen-bond acceptors (Lipinski definition) is 6. The lowest BCUT2D eigenvalue weighted by Crippen LogP contribution is -2.12. The number of carbonyl (C=O) groups excluding carboxylic acids is 1. The van der Waals surface area contributed by atoms with Gasteiger partial charge in [0.05, 0.1) is 19.1 Å². The molecule has 0 saturated heterocycles. The number of aliphatic imine (C=N–C) groups is 1. The molecule has 0 fully saturated rings. The Morgan fingerprint density at radius 3 is 2.94 bits per heavy atom. The van der Waals surface area contributed by atoms with Crippen LogP contribution in [0.1, 0.15) is 6.92 Å². The summed E-state index contributed by atoms with van der Waals surface area (Å²) >= 11 is 0. The largest absolute Gasteiger partial charge is 0.516 e. The van der Waals surface area contributed by atoms with Crippen LogP contribution < -0.4 is 4.74 Å². The maximum absolute atomic E-state index is 13.3. The van der Waals surface area contributed by atoms with Crippen LogP contribution in [-0.2, 0) is 4.74 Å². The van der Waals surface area contributed by atoms with Gasteiger partial charge in [0.1, 0.15) is 0 Å². The van der Waals surface area contributed by atoms with Crippen LogP contribution in [0.2, 0.25) is 0 Å². The quantitative estimate of drug-likeness (QED) is 0.460. The van der Waals surface area contributed by atoms with Gasteiger partial charge in [0.25, 0.3) is 0 Å². The van der Waals surface area contributed by atoms with Crippen LogP contribution in [0.25, 0.3) is 0 Å². The summed E-state index contributed by atoms with van der Waals surface area (Å²) in [5.74, 6) is -0.942. The lowest BCUT2D eigenvalue weighted by atomic mass is 10.5. The van der Waals surface area contributed by atoms with Gasteiger partial charge in [-0.15, -0.1) is 0 Å². The molecule has 0 bridgehead atoms. The fraction of sp³-hybridized carbons (Fsp3) is 0.400. The predicted octanol–water partition coefficient (Wildman–Crippen LogP) is 1.37. The Labute approximate surface area is 103 Å². The fourth-order valence-corrected chi connectivity index (χ4v) is 0.874. The van der Waals surface area contributed by atoms with E-state index in [1.165, 1.54) is 6.34 Å². The summed E-state index contributed by atoms with van der Waals surface area (Å²) in [5, 5.41) is 0. The molecule has 7 nitrogen and oxygen atoms in total. The number of halogens is 1. The molecule has 0 radical (unpaired) electrons. The van der Waals surface area contributed by atoms with Crippen LogP contribution in [0.5, 0.6) is 6.01 Å². The standard InChI is InChI=1S/C10H13FN4O3/c1-4-17-10(16)18-9-12-5-7(11)8(14-9)13-6-15(2)3/h5-6H,4H2,1-3H3/b13-6+. The van der Waals surface area contributed by atoms with E-state index >= 15 is 0 Å². The normalized spacial score (nSPS) is 10.4. The zero-order valence-electron chi connectivity index (χ0n) is 10.3. The van der Waals surface area contributed by atoms with Crippen molar-refractivity contribution in [1.29, 1.82) is 0 Å². The summed E-state index contributed by atoms with van der Waals surface area (Å²) in [7, 11) is 3.44. The molecule has 1 aromatic heterocycles. The van der Waals surface area contributed by atoms with Gasteiger partial charge < -0.3 is 14.4 Å². The molecule has 0 aromatic carbocycles. The molecule has 98 valence electrons. The number of aromatic nitrogens is 2. The maximum Gasteiger partial charge on any atom is 0.516 e. The van der Waals surface area contributed by atoms with E-state index in [0.29, 0.717) is 0 Å². The van der Waals surface area contributed by atoms with Gasteiger partial charge >= 0.3 is 12.2 Å². The first-order valence-electron chi connectivity index (χ1n) is 5.10. The Morgan fingerprint density at radius 1 is 1.61 bits per heavy atom. The molecule has 0 atom stereocenters. The summed E-state index contributed by atoms with van der Waals surface area (Å²) in [6, 6.07) is -0.319. The number of carbonyl (C=O) groups is 1. The molecule has 1 heterocycles. The summed E-state index contributed by atoms with van der Waals surface area (Å²) in [4.78, 5) is 23.5. The van der Waals surface area contributed by atoms with E-state index in [1.54, 1.807) is 25.9 Å². The first kappa shape index (κ1) is 13.8. The third kappa shape index (κ3) is 4.32. The molecular weight excluding hydrogens is 243 g/mol. The highest BCUT2D eigenvalue weighted by Crippen LogP contribution is 2.16. The van der Waals surface area contributed by atoms with Crippen LogP contribution >= 0.6 is 0 Å². The topological polar surface area (TPSA) is 76.9 Å². The summed E-state index contributed by atoms with van der Waals surface area (Å²) in [6.07, 6.45) is 1.27. The SMILES string of the molecule is CCOC(=O)Oc1ncc(F)c(/N=C/N(C)C)n1. The first-order chi connectivity index (χ1) is 8.52. The smallest absolute Gasteiger partial charge is 0.434 e. The second kappa shape index (κ2) is 6.48. The molecular formula is C10H13FN4O3. The van der Waals surface area contributed by atoms with Gasteiger partial charge in [-0.2, -0.15) is 4.98 Å². The Hall–Kier alpha value is -2.25. The number of rotatable bonds is 4. The van der Waals surface area contributed by atoms with Crippen LogP contribution in [-0.4, -0.2) is 48.1 Å². The van der Waals surface area contributed by atoms with Gasteiger partial charge in [0.2, 0.25) is 0 Å². The molecule has 0 N–H and O–H groups in total. The van der Waals surface area contributed by atoms with Crippen molar-refractivity contribution >= 4 is 18.3 Å². The Bertz CT molecular complexity index is 451. The predicted molar refractivity (Wildman–Crippen MR) is 61.5 cm³/mol. The minimum atomic E-state index is -0.952. The van der Waals surface area contributed by atoms with Crippen LogP contribution in [0.4, 0.5) is 15.0 Å². The second-order valence-electron chi connectivity index (χ2n) is 3.32. The molecule has 0 spiro atoms. The van der Waals surface area contributed by atoms with E-state index in [9.17, 15) is 9.18 Å². The molecule has 0 saturated carbocycles. The Balaban J connectivity index is 2.83. The van der Waals surface area contributed by atoms with Gasteiger partial charge in [0.15, 0.2) is 11.6 Å². The molecule has 0 unspecified atom stereocenters. The lowest BCUT2D eigenvalue weighted by Gasteiger charge is -2.04. The van der Waals surface area contributed by atoms with Crippen LogP contribution in [0.3, 0.4) is 0 Å².